The molecule has 0 fully saturated rings. The van der Waals surface area contributed by atoms with Gasteiger partial charge in [-0.3, -0.25) is 0 Å². The van der Waals surface area contributed by atoms with Gasteiger partial charge in [-0.2, -0.15) is 10.5 Å². The van der Waals surface area contributed by atoms with Crippen LogP contribution in [0.25, 0.3) is 0 Å². The number of rotatable bonds is 4. The summed E-state index contributed by atoms with van der Waals surface area (Å²) in [6, 6.07) is 12.7. The summed E-state index contributed by atoms with van der Waals surface area (Å²) in [5.41, 5.74) is 1.51. The van der Waals surface area contributed by atoms with E-state index < -0.39 is 5.82 Å². The largest absolute Gasteiger partial charge is 0.488 e. The fraction of sp³-hybridized carbons (Fsp3) is 0.125. The van der Waals surface area contributed by atoms with E-state index in [0.29, 0.717) is 22.4 Å². The van der Waals surface area contributed by atoms with Crippen LogP contribution in [0.15, 0.2) is 36.4 Å². The molecule has 0 amide bonds. The first-order valence-electron chi connectivity index (χ1n) is 6.13. The Bertz CT molecular complexity index is 745. The molecule has 0 aliphatic heterocycles. The number of halogens is 1. The molecule has 0 unspecified atom stereocenters. The van der Waals surface area contributed by atoms with Gasteiger partial charge in [-0.25, -0.2) is 4.39 Å². The Balaban J connectivity index is 2.17. The third-order valence-electron chi connectivity index (χ3n) is 2.89. The monoisotopic (exact) mass is 282 g/mol. The zero-order valence-corrected chi connectivity index (χ0v) is 11.0. The van der Waals surface area contributed by atoms with Gasteiger partial charge in [-0.15, -0.1) is 0 Å². The molecule has 0 heterocycles. The van der Waals surface area contributed by atoms with Crippen molar-refractivity contribution in [2.45, 2.75) is 13.2 Å². The van der Waals surface area contributed by atoms with Crippen LogP contribution in [0, 0.1) is 28.5 Å². The summed E-state index contributed by atoms with van der Waals surface area (Å²) in [5, 5.41) is 26.8. The minimum Gasteiger partial charge on any atom is -0.488 e. The predicted molar refractivity (Wildman–Crippen MR) is 72.5 cm³/mol. The second-order valence-electron chi connectivity index (χ2n) is 4.32. The number of ether oxygens (including phenoxy) is 1. The SMILES string of the molecule is N#Cc1cc(COc2ccc(CO)cc2C#N)ccc1F. The molecule has 2 aromatic rings. The molecule has 2 aromatic carbocycles. The topological polar surface area (TPSA) is 77.0 Å². The molecular formula is C16H11FN2O2. The van der Waals surface area contributed by atoms with Crippen LogP contribution in [0.5, 0.6) is 5.75 Å². The van der Waals surface area contributed by atoms with E-state index in [9.17, 15) is 4.39 Å². The molecule has 2 rings (SSSR count). The molecule has 1 N–H and O–H groups in total. The number of hydrogen-bond donors (Lipinski definition) is 1. The van der Waals surface area contributed by atoms with Gasteiger partial charge in [0, 0.05) is 0 Å². The van der Waals surface area contributed by atoms with Gasteiger partial charge in [-0.05, 0) is 35.4 Å². The summed E-state index contributed by atoms with van der Waals surface area (Å²) < 4.78 is 18.7. The summed E-state index contributed by atoms with van der Waals surface area (Å²) >= 11 is 0. The Labute approximate surface area is 121 Å². The molecule has 0 saturated carbocycles. The standard InChI is InChI=1S/C16H11FN2O2/c17-15-3-1-12(6-13(15)7-18)10-21-16-4-2-11(9-20)5-14(16)8-19/h1-6,20H,9-10H2. The molecule has 0 aliphatic carbocycles. The molecule has 0 aliphatic rings. The van der Waals surface area contributed by atoms with Crippen LogP contribution in [0.1, 0.15) is 22.3 Å². The van der Waals surface area contributed by atoms with Crippen molar-refractivity contribution in [2.24, 2.45) is 0 Å². The van der Waals surface area contributed by atoms with Crippen LogP contribution in [0.4, 0.5) is 4.39 Å². The minimum absolute atomic E-state index is 0.0489. The minimum atomic E-state index is -0.578. The van der Waals surface area contributed by atoms with Gasteiger partial charge >= 0.3 is 0 Å². The van der Waals surface area contributed by atoms with Crippen molar-refractivity contribution >= 4 is 0 Å². The molecule has 0 saturated heterocycles. The number of aliphatic hydroxyl groups excluding tert-OH is 1. The predicted octanol–water partition coefficient (Wildman–Crippen LogP) is 2.64. The molecular weight excluding hydrogens is 271 g/mol. The van der Waals surface area contributed by atoms with Gasteiger partial charge in [0.05, 0.1) is 17.7 Å². The first-order valence-corrected chi connectivity index (χ1v) is 6.13. The van der Waals surface area contributed by atoms with E-state index in [0.717, 1.165) is 0 Å². The number of aliphatic hydroxyl groups is 1. The lowest BCUT2D eigenvalue weighted by Gasteiger charge is -2.09. The van der Waals surface area contributed by atoms with Crippen molar-refractivity contribution < 1.29 is 14.2 Å². The molecule has 21 heavy (non-hydrogen) atoms. The van der Waals surface area contributed by atoms with E-state index in [-0.39, 0.29) is 18.8 Å². The normalized spacial score (nSPS) is 9.71. The van der Waals surface area contributed by atoms with E-state index in [4.69, 9.17) is 20.4 Å². The Hall–Kier alpha value is -2.89. The third kappa shape index (κ3) is 3.36. The maximum absolute atomic E-state index is 13.2. The van der Waals surface area contributed by atoms with Gasteiger partial charge in [0.25, 0.3) is 0 Å². The highest BCUT2D eigenvalue weighted by molar-refractivity contribution is 5.45. The zero-order valence-electron chi connectivity index (χ0n) is 11.0. The fourth-order valence-electron chi connectivity index (χ4n) is 1.80. The van der Waals surface area contributed by atoms with Crippen molar-refractivity contribution in [1.82, 2.24) is 0 Å². The lowest BCUT2D eigenvalue weighted by molar-refractivity contribution is 0.280. The fourth-order valence-corrected chi connectivity index (χ4v) is 1.80. The van der Waals surface area contributed by atoms with Gasteiger partial charge in [-0.1, -0.05) is 12.1 Å². The van der Waals surface area contributed by atoms with Gasteiger partial charge < -0.3 is 9.84 Å². The Morgan fingerprint density at radius 2 is 1.67 bits per heavy atom. The van der Waals surface area contributed by atoms with Gasteiger partial charge in [0.15, 0.2) is 0 Å². The number of hydrogen-bond acceptors (Lipinski definition) is 4. The third-order valence-corrected chi connectivity index (χ3v) is 2.89. The van der Waals surface area contributed by atoms with Crippen molar-refractivity contribution in [3.63, 3.8) is 0 Å². The molecule has 5 heteroatoms. The summed E-state index contributed by atoms with van der Waals surface area (Å²) in [6.07, 6.45) is 0. The number of nitrogens with zero attached hydrogens (tertiary/aromatic N) is 2. The second-order valence-corrected chi connectivity index (χ2v) is 4.32. The van der Waals surface area contributed by atoms with Crippen molar-refractivity contribution in [2.75, 3.05) is 0 Å². The zero-order chi connectivity index (χ0) is 15.2. The van der Waals surface area contributed by atoms with E-state index in [1.54, 1.807) is 24.3 Å². The van der Waals surface area contributed by atoms with E-state index >= 15 is 0 Å². The van der Waals surface area contributed by atoms with Crippen molar-refractivity contribution in [3.05, 3.63) is 64.5 Å². The Morgan fingerprint density at radius 1 is 1.00 bits per heavy atom. The van der Waals surface area contributed by atoms with Crippen LogP contribution < -0.4 is 4.74 Å². The highest BCUT2D eigenvalue weighted by Crippen LogP contribution is 2.21. The smallest absolute Gasteiger partial charge is 0.140 e. The summed E-state index contributed by atoms with van der Waals surface area (Å²) in [7, 11) is 0. The Kier molecular flexibility index (Phi) is 4.50. The molecule has 0 spiro atoms. The average molecular weight is 282 g/mol. The second kappa shape index (κ2) is 6.51. The van der Waals surface area contributed by atoms with Crippen molar-refractivity contribution in [1.29, 1.82) is 10.5 Å². The average Bonchev–Trinajstić information content (AvgIpc) is 2.53. The number of benzene rings is 2. The molecule has 0 atom stereocenters. The van der Waals surface area contributed by atoms with Crippen LogP contribution in [0.2, 0.25) is 0 Å². The summed E-state index contributed by atoms with van der Waals surface area (Å²) in [5.74, 6) is -0.205. The molecule has 104 valence electrons. The van der Waals surface area contributed by atoms with E-state index in [1.807, 2.05) is 6.07 Å². The maximum atomic E-state index is 13.2. The molecule has 0 bridgehead atoms. The maximum Gasteiger partial charge on any atom is 0.140 e. The first kappa shape index (κ1) is 14.5. The van der Waals surface area contributed by atoms with Gasteiger partial charge in [0.1, 0.15) is 30.3 Å². The van der Waals surface area contributed by atoms with E-state index in [1.165, 1.54) is 18.2 Å². The van der Waals surface area contributed by atoms with Crippen molar-refractivity contribution in [3.8, 4) is 17.9 Å². The van der Waals surface area contributed by atoms with Crippen LogP contribution in [-0.4, -0.2) is 5.11 Å². The Morgan fingerprint density at radius 3 is 2.33 bits per heavy atom. The highest BCUT2D eigenvalue weighted by atomic mass is 19.1. The number of nitriles is 2. The summed E-state index contributed by atoms with van der Waals surface area (Å²) in [6.45, 7) is -0.0411. The highest BCUT2D eigenvalue weighted by Gasteiger charge is 2.07. The lowest BCUT2D eigenvalue weighted by atomic mass is 10.1. The van der Waals surface area contributed by atoms with E-state index in [2.05, 4.69) is 0 Å². The first-order chi connectivity index (χ1) is 10.2. The van der Waals surface area contributed by atoms with Crippen LogP contribution in [-0.2, 0) is 13.2 Å². The van der Waals surface area contributed by atoms with Crippen LogP contribution in [0.3, 0.4) is 0 Å². The van der Waals surface area contributed by atoms with Crippen LogP contribution >= 0.6 is 0 Å². The van der Waals surface area contributed by atoms with Gasteiger partial charge in [0.2, 0.25) is 0 Å². The summed E-state index contributed by atoms with van der Waals surface area (Å²) in [4.78, 5) is 0. The molecule has 0 radical (unpaired) electrons. The quantitative estimate of drug-likeness (QED) is 0.935. The molecule has 0 aromatic heterocycles. The molecule has 4 nitrogen and oxygen atoms in total. The lowest BCUT2D eigenvalue weighted by Crippen LogP contribution is -1.99.